The van der Waals surface area contributed by atoms with Crippen LogP contribution in [0.4, 0.5) is 10.1 Å². The maximum Gasteiger partial charge on any atom is 0.338 e. The molecule has 7 nitrogen and oxygen atoms in total. The minimum absolute atomic E-state index is 0.0240. The number of hydrogen-bond acceptors (Lipinski definition) is 6. The van der Waals surface area contributed by atoms with Gasteiger partial charge in [-0.25, -0.2) is 13.4 Å². The molecule has 1 aliphatic rings. The summed E-state index contributed by atoms with van der Waals surface area (Å²) >= 11 is 6.00. The summed E-state index contributed by atoms with van der Waals surface area (Å²) in [7, 11) is -0.761. The first-order valence-electron chi connectivity index (χ1n) is 9.37. The molecule has 0 amide bonds. The van der Waals surface area contributed by atoms with Crippen LogP contribution in [0.1, 0.15) is 10.4 Å². The molecule has 0 spiro atoms. The summed E-state index contributed by atoms with van der Waals surface area (Å²) in [6.45, 7) is -0.0316. The third-order valence-corrected chi connectivity index (χ3v) is 6.11. The number of aromatic hydroxyl groups is 1. The second kappa shape index (κ2) is 9.05. The van der Waals surface area contributed by atoms with Crippen LogP contribution in [-0.4, -0.2) is 35.6 Å². The van der Waals surface area contributed by atoms with Crippen LogP contribution in [0.5, 0.6) is 17.2 Å². The third-order valence-electron chi connectivity index (χ3n) is 4.71. The number of carbonyl (C=O) groups is 1. The van der Waals surface area contributed by atoms with Crippen molar-refractivity contribution in [3.63, 3.8) is 0 Å². The Morgan fingerprint density at radius 1 is 1.12 bits per heavy atom. The summed E-state index contributed by atoms with van der Waals surface area (Å²) in [6, 6.07) is 12.0. The molecule has 3 aromatic rings. The summed E-state index contributed by atoms with van der Waals surface area (Å²) in [5.41, 5.74) is 0.925. The van der Waals surface area contributed by atoms with Crippen molar-refractivity contribution >= 4 is 34.2 Å². The lowest BCUT2D eigenvalue weighted by atomic mass is 10.0. The molecule has 166 valence electrons. The maximum absolute atomic E-state index is 14.8. The molecule has 1 heterocycles. The molecule has 1 aliphatic heterocycles. The van der Waals surface area contributed by atoms with Crippen molar-refractivity contribution in [1.29, 1.82) is 0 Å². The fourth-order valence-corrected chi connectivity index (χ4v) is 4.45. The van der Waals surface area contributed by atoms with E-state index in [-0.39, 0.29) is 40.1 Å². The molecular weight excluding hydrogens is 461 g/mol. The van der Waals surface area contributed by atoms with Gasteiger partial charge in [-0.05, 0) is 24.3 Å². The van der Waals surface area contributed by atoms with E-state index in [0.29, 0.717) is 16.9 Å². The number of ether oxygens (including phenoxy) is 3. The lowest BCUT2D eigenvalue weighted by Crippen LogP contribution is -2.13. The molecule has 0 fully saturated rings. The maximum atomic E-state index is 14.8. The van der Waals surface area contributed by atoms with Crippen molar-refractivity contribution < 1.29 is 32.7 Å². The van der Waals surface area contributed by atoms with Crippen LogP contribution in [0.2, 0.25) is 5.02 Å². The lowest BCUT2D eigenvalue weighted by molar-refractivity contribution is 0.0450. The number of carbonyl (C=O) groups excluding carboxylic acids is 1. The zero-order valence-corrected chi connectivity index (χ0v) is 18.3. The third kappa shape index (κ3) is 4.21. The van der Waals surface area contributed by atoms with Gasteiger partial charge < -0.3 is 19.3 Å². The van der Waals surface area contributed by atoms with Crippen LogP contribution in [0, 0.1) is 5.82 Å². The Hall–Kier alpha value is -3.30. The van der Waals surface area contributed by atoms with E-state index in [1.54, 1.807) is 24.3 Å². The van der Waals surface area contributed by atoms with Crippen molar-refractivity contribution in [3.05, 3.63) is 64.9 Å². The van der Waals surface area contributed by atoms with Crippen molar-refractivity contribution in [1.82, 2.24) is 0 Å². The molecule has 1 unspecified atom stereocenters. The van der Waals surface area contributed by atoms with Crippen molar-refractivity contribution in [2.24, 2.45) is 0 Å². The van der Waals surface area contributed by atoms with E-state index in [9.17, 15) is 18.5 Å². The van der Waals surface area contributed by atoms with Crippen LogP contribution >= 0.6 is 11.6 Å². The van der Waals surface area contributed by atoms with Crippen LogP contribution in [0.3, 0.4) is 0 Å². The largest absolute Gasteiger partial charge is 0.505 e. The molecule has 4 rings (SSSR count). The number of halogens is 2. The van der Waals surface area contributed by atoms with E-state index >= 15 is 0 Å². The van der Waals surface area contributed by atoms with E-state index in [0.717, 1.165) is 6.07 Å². The highest BCUT2D eigenvalue weighted by atomic mass is 35.5. The molecule has 0 aromatic heterocycles. The Morgan fingerprint density at radius 3 is 2.66 bits per heavy atom. The van der Waals surface area contributed by atoms with Crippen LogP contribution < -0.4 is 14.2 Å². The fourth-order valence-electron chi connectivity index (χ4n) is 3.18. The lowest BCUT2D eigenvalue weighted by Gasteiger charge is -2.16. The summed E-state index contributed by atoms with van der Waals surface area (Å²) in [4.78, 5) is 12.2. The van der Waals surface area contributed by atoms with Crippen molar-refractivity contribution in [2.75, 3.05) is 25.0 Å². The van der Waals surface area contributed by atoms with E-state index < -0.39 is 28.5 Å². The van der Waals surface area contributed by atoms with Gasteiger partial charge in [0.15, 0.2) is 22.6 Å². The van der Waals surface area contributed by atoms with Gasteiger partial charge >= 0.3 is 5.97 Å². The highest BCUT2D eigenvalue weighted by Crippen LogP contribution is 2.40. The summed E-state index contributed by atoms with van der Waals surface area (Å²) in [5, 5.41) is 10.1. The number of nitrogens with one attached hydrogen (secondary N) is 1. The fraction of sp³-hybridized carbons (Fsp3) is 0.136. The first-order chi connectivity index (χ1) is 15.4. The number of phenols is 1. The first kappa shape index (κ1) is 21.9. The second-order valence-electron chi connectivity index (χ2n) is 6.69. The molecule has 1 atom stereocenters. The predicted octanol–water partition coefficient (Wildman–Crippen LogP) is 4.54. The number of hydrogen-bond donors (Lipinski definition) is 2. The number of rotatable bonds is 1. The smallest absolute Gasteiger partial charge is 0.338 e. The summed E-state index contributed by atoms with van der Waals surface area (Å²) in [6.07, 6.45) is 0. The van der Waals surface area contributed by atoms with Gasteiger partial charge in [-0.15, -0.1) is 0 Å². The van der Waals surface area contributed by atoms with Crippen LogP contribution in [-0.2, 0) is 15.7 Å². The summed E-state index contributed by atoms with van der Waals surface area (Å²) < 4.78 is 46.6. The van der Waals surface area contributed by atoms with Gasteiger partial charge in [-0.3, -0.25) is 4.72 Å². The standard InChI is InChI=1S/C22H17ClFNO6S/c1-29-19-11-16(24)17-10-14(19)13-4-2-3-5-18(13)30-6-7-31-22(27)12-8-15(23)21(26)20(9-12)32(28)25-17/h2-5,8-11,25-26H,6-7H2,1H3. The Bertz CT molecular complexity index is 1240. The number of cyclic esters (lactones) is 1. The number of anilines is 1. The van der Waals surface area contributed by atoms with Crippen LogP contribution in [0.15, 0.2) is 53.4 Å². The monoisotopic (exact) mass is 477 g/mol. The number of para-hydroxylation sites is 1. The van der Waals surface area contributed by atoms with Gasteiger partial charge in [-0.2, -0.15) is 0 Å². The quantitative estimate of drug-likeness (QED) is 0.500. The van der Waals surface area contributed by atoms with Gasteiger partial charge in [0.1, 0.15) is 29.6 Å². The Kier molecular flexibility index (Phi) is 6.20. The normalized spacial score (nSPS) is 15.8. The topological polar surface area (TPSA) is 94.1 Å². The molecule has 0 aliphatic carbocycles. The van der Waals surface area contributed by atoms with E-state index in [2.05, 4.69) is 4.72 Å². The predicted molar refractivity (Wildman–Crippen MR) is 117 cm³/mol. The molecule has 10 heteroatoms. The van der Waals surface area contributed by atoms with E-state index in [1.807, 2.05) is 0 Å². The molecule has 4 bridgehead atoms. The number of phenolic OH excluding ortho intramolecular Hbond substituents is 1. The van der Waals surface area contributed by atoms with E-state index in [4.69, 9.17) is 25.8 Å². The van der Waals surface area contributed by atoms with Crippen LogP contribution in [0.25, 0.3) is 11.1 Å². The molecule has 0 saturated carbocycles. The molecule has 0 saturated heterocycles. The number of esters is 1. The van der Waals surface area contributed by atoms with Gasteiger partial charge in [0.2, 0.25) is 0 Å². The first-order valence-corrected chi connectivity index (χ1v) is 10.9. The van der Waals surface area contributed by atoms with E-state index in [1.165, 1.54) is 25.3 Å². The second-order valence-corrected chi connectivity index (χ2v) is 8.28. The SMILES string of the molecule is COc1cc(F)c2cc1-c1ccccc1OCCOC(=O)c1cc(Cl)c(O)c(c1)S(=O)N2. The summed E-state index contributed by atoms with van der Waals surface area (Å²) in [5.74, 6) is -1.29. The van der Waals surface area contributed by atoms with Gasteiger partial charge in [0.05, 0.1) is 23.4 Å². The minimum Gasteiger partial charge on any atom is -0.505 e. The number of methoxy groups -OCH3 is 1. The minimum atomic E-state index is -2.16. The molecule has 0 radical (unpaired) electrons. The average molecular weight is 478 g/mol. The highest BCUT2D eigenvalue weighted by Gasteiger charge is 2.22. The molecular formula is C22H17ClFNO6S. The number of fused-ring (bicyclic) bond motifs is 6. The Labute approximate surface area is 190 Å². The molecule has 32 heavy (non-hydrogen) atoms. The van der Waals surface area contributed by atoms with Gasteiger partial charge in [-0.1, -0.05) is 29.8 Å². The average Bonchev–Trinajstić information content (AvgIpc) is 2.79. The van der Waals surface area contributed by atoms with Crippen molar-refractivity contribution in [2.45, 2.75) is 4.90 Å². The molecule has 2 N–H and O–H groups in total. The molecule has 3 aromatic carbocycles. The highest BCUT2D eigenvalue weighted by molar-refractivity contribution is 7.86. The zero-order valence-electron chi connectivity index (χ0n) is 16.7. The Morgan fingerprint density at radius 2 is 1.88 bits per heavy atom. The number of benzene rings is 3. The van der Waals surface area contributed by atoms with Gasteiger partial charge in [0.25, 0.3) is 0 Å². The zero-order chi connectivity index (χ0) is 22.8. The van der Waals surface area contributed by atoms with Gasteiger partial charge in [0, 0.05) is 17.2 Å². The van der Waals surface area contributed by atoms with Crippen molar-refractivity contribution in [3.8, 4) is 28.4 Å². The Balaban J connectivity index is 1.89.